The minimum atomic E-state index is -0.550. The van der Waals surface area contributed by atoms with Crippen LogP contribution in [0.15, 0.2) is 64.1 Å². The molecule has 156 valence electrons. The lowest BCUT2D eigenvalue weighted by Crippen LogP contribution is -2.32. The van der Waals surface area contributed by atoms with Crippen LogP contribution in [0.1, 0.15) is 42.4 Å². The fraction of sp³-hybridized carbons (Fsp3) is 0.208. The van der Waals surface area contributed by atoms with Gasteiger partial charge in [-0.15, -0.1) is 0 Å². The van der Waals surface area contributed by atoms with Crippen molar-refractivity contribution >= 4 is 22.6 Å². The maximum absolute atomic E-state index is 13.1. The lowest BCUT2D eigenvalue weighted by Gasteiger charge is -2.28. The van der Waals surface area contributed by atoms with Crippen LogP contribution in [0, 0.1) is 5.41 Å². The average Bonchev–Trinajstić information content (AvgIpc) is 2.78. The Morgan fingerprint density at radius 3 is 2.68 bits per heavy atom. The van der Waals surface area contributed by atoms with Crippen LogP contribution >= 0.6 is 11.6 Å². The minimum Gasteiger partial charge on any atom is -0.437 e. The standard InChI is InChI=1S/C24H20ClN3O3/c1-2-3-12-28-13-27-23-20(22(28)26)18(14-8-10-15(25)11-9-14)19-21(31-23)16-6-4-5-7-17(16)30-24(19)29/h4-11,13,18,26H,2-3,12H2,1H3. The Hall–Kier alpha value is -3.38. The SMILES string of the molecule is CCCCn1cnc2c(c1=N)C(c1ccc(Cl)cc1)c1c(c3ccccc3oc1=O)O2. The monoisotopic (exact) mass is 433 g/mol. The molecule has 0 aliphatic carbocycles. The number of para-hydroxylation sites is 1. The molecular formula is C24H20ClN3O3. The first-order chi connectivity index (χ1) is 15.1. The molecule has 31 heavy (non-hydrogen) atoms. The maximum Gasteiger partial charge on any atom is 0.344 e. The summed E-state index contributed by atoms with van der Waals surface area (Å²) in [7, 11) is 0. The van der Waals surface area contributed by atoms with Gasteiger partial charge in [0.1, 0.15) is 17.4 Å². The Kier molecular flexibility index (Phi) is 4.87. The number of unbranched alkanes of at least 4 members (excludes halogenated alkanes) is 1. The van der Waals surface area contributed by atoms with Gasteiger partial charge in [0.2, 0.25) is 5.88 Å². The first-order valence-corrected chi connectivity index (χ1v) is 10.6. The molecule has 0 radical (unpaired) electrons. The molecule has 6 nitrogen and oxygen atoms in total. The molecule has 3 heterocycles. The number of hydrogen-bond donors (Lipinski definition) is 1. The van der Waals surface area contributed by atoms with Gasteiger partial charge in [-0.3, -0.25) is 5.41 Å². The molecule has 0 spiro atoms. The van der Waals surface area contributed by atoms with Crippen LogP contribution in [-0.4, -0.2) is 9.55 Å². The summed E-state index contributed by atoms with van der Waals surface area (Å²) in [5, 5.41) is 10.2. The van der Waals surface area contributed by atoms with Gasteiger partial charge < -0.3 is 13.7 Å². The van der Waals surface area contributed by atoms with Crippen molar-refractivity contribution in [2.24, 2.45) is 0 Å². The van der Waals surface area contributed by atoms with Crippen molar-refractivity contribution in [2.75, 3.05) is 0 Å². The van der Waals surface area contributed by atoms with Crippen LogP contribution < -0.4 is 15.9 Å². The number of nitrogens with one attached hydrogen (secondary N) is 1. The van der Waals surface area contributed by atoms with Crippen molar-refractivity contribution in [3.63, 3.8) is 0 Å². The van der Waals surface area contributed by atoms with E-state index in [9.17, 15) is 4.79 Å². The first-order valence-electron chi connectivity index (χ1n) is 10.2. The minimum absolute atomic E-state index is 0.275. The van der Waals surface area contributed by atoms with E-state index in [0.717, 1.165) is 18.4 Å². The molecule has 4 aromatic rings. The summed E-state index contributed by atoms with van der Waals surface area (Å²) in [5.41, 5.74) is 1.98. The number of halogens is 1. The van der Waals surface area contributed by atoms with Crippen LogP contribution in [0.2, 0.25) is 5.02 Å². The quantitative estimate of drug-likeness (QED) is 0.394. The summed E-state index contributed by atoms with van der Waals surface area (Å²) in [5.74, 6) is 0.212. The predicted molar refractivity (Wildman–Crippen MR) is 118 cm³/mol. The van der Waals surface area contributed by atoms with E-state index in [-0.39, 0.29) is 5.49 Å². The fourth-order valence-corrected chi connectivity index (χ4v) is 4.20. The molecule has 5 rings (SSSR count). The van der Waals surface area contributed by atoms with Crippen molar-refractivity contribution in [1.29, 1.82) is 5.41 Å². The molecule has 0 saturated heterocycles. The van der Waals surface area contributed by atoms with Crippen LogP contribution in [0.25, 0.3) is 11.0 Å². The number of rotatable bonds is 4. The van der Waals surface area contributed by atoms with E-state index in [1.165, 1.54) is 0 Å². The van der Waals surface area contributed by atoms with E-state index >= 15 is 0 Å². The van der Waals surface area contributed by atoms with E-state index in [1.807, 2.05) is 30.3 Å². The zero-order valence-electron chi connectivity index (χ0n) is 16.9. The van der Waals surface area contributed by atoms with Gasteiger partial charge in [0.15, 0.2) is 5.75 Å². The van der Waals surface area contributed by atoms with Crippen LogP contribution in [-0.2, 0) is 6.54 Å². The van der Waals surface area contributed by atoms with Crippen molar-refractivity contribution in [1.82, 2.24) is 9.55 Å². The Morgan fingerprint density at radius 1 is 1.13 bits per heavy atom. The van der Waals surface area contributed by atoms with Crippen LogP contribution in [0.4, 0.5) is 0 Å². The van der Waals surface area contributed by atoms with Gasteiger partial charge in [-0.05, 0) is 36.2 Å². The zero-order valence-corrected chi connectivity index (χ0v) is 17.6. The van der Waals surface area contributed by atoms with E-state index in [1.54, 1.807) is 29.1 Å². The maximum atomic E-state index is 13.1. The molecule has 2 aromatic carbocycles. The fourth-order valence-electron chi connectivity index (χ4n) is 4.07. The topological polar surface area (TPSA) is 81.1 Å². The van der Waals surface area contributed by atoms with Crippen molar-refractivity contribution < 1.29 is 9.15 Å². The lowest BCUT2D eigenvalue weighted by atomic mass is 9.84. The number of nitrogens with zero attached hydrogens (tertiary/aromatic N) is 2. The number of fused-ring (bicyclic) bond motifs is 4. The zero-order chi connectivity index (χ0) is 21.5. The lowest BCUT2D eigenvalue weighted by molar-refractivity contribution is 0.412. The van der Waals surface area contributed by atoms with Crippen molar-refractivity contribution in [3.05, 3.63) is 92.5 Å². The summed E-state index contributed by atoms with van der Waals surface area (Å²) in [6.45, 7) is 2.77. The summed E-state index contributed by atoms with van der Waals surface area (Å²) in [4.78, 5) is 17.7. The molecular weight excluding hydrogens is 414 g/mol. The Morgan fingerprint density at radius 2 is 1.90 bits per heavy atom. The largest absolute Gasteiger partial charge is 0.437 e. The van der Waals surface area contributed by atoms with Gasteiger partial charge >= 0.3 is 5.63 Å². The van der Waals surface area contributed by atoms with E-state index in [0.29, 0.717) is 45.3 Å². The number of aryl methyl sites for hydroxylation is 1. The van der Waals surface area contributed by atoms with Gasteiger partial charge in [0.25, 0.3) is 0 Å². The second-order valence-electron chi connectivity index (χ2n) is 7.57. The highest BCUT2D eigenvalue weighted by Crippen LogP contribution is 2.46. The third-order valence-electron chi connectivity index (χ3n) is 5.62. The summed E-state index contributed by atoms with van der Waals surface area (Å²) in [6, 6.07) is 14.5. The average molecular weight is 434 g/mol. The molecule has 0 fully saturated rings. The molecule has 1 aliphatic rings. The third kappa shape index (κ3) is 3.24. The molecule has 1 N–H and O–H groups in total. The third-order valence-corrected chi connectivity index (χ3v) is 5.87. The number of benzene rings is 2. The first kappa shape index (κ1) is 19.6. The van der Waals surface area contributed by atoms with Crippen molar-refractivity contribution in [3.8, 4) is 11.6 Å². The predicted octanol–water partition coefficient (Wildman–Crippen LogP) is 5.21. The summed E-state index contributed by atoms with van der Waals surface area (Å²) < 4.78 is 13.6. The molecule has 1 aliphatic heterocycles. The summed E-state index contributed by atoms with van der Waals surface area (Å²) >= 11 is 6.12. The molecule has 2 aromatic heterocycles. The Labute approximate surface area is 183 Å². The van der Waals surface area contributed by atoms with Gasteiger partial charge in [0.05, 0.1) is 22.4 Å². The van der Waals surface area contributed by atoms with Crippen LogP contribution in [0.5, 0.6) is 11.6 Å². The second kappa shape index (κ2) is 7.71. The van der Waals surface area contributed by atoms with E-state index < -0.39 is 11.5 Å². The molecule has 1 atom stereocenters. The number of aromatic nitrogens is 2. The van der Waals surface area contributed by atoms with Gasteiger partial charge in [-0.1, -0.05) is 49.2 Å². The van der Waals surface area contributed by atoms with Gasteiger partial charge in [-0.2, -0.15) is 0 Å². The molecule has 1 unspecified atom stereocenters. The highest BCUT2D eigenvalue weighted by molar-refractivity contribution is 6.30. The normalized spacial score (nSPS) is 14.7. The molecule has 0 saturated carbocycles. The van der Waals surface area contributed by atoms with Gasteiger partial charge in [0, 0.05) is 11.6 Å². The van der Waals surface area contributed by atoms with Crippen molar-refractivity contribution in [2.45, 2.75) is 32.2 Å². The molecule has 0 amide bonds. The second-order valence-corrected chi connectivity index (χ2v) is 8.01. The van der Waals surface area contributed by atoms with E-state index in [2.05, 4.69) is 11.9 Å². The molecule has 0 bridgehead atoms. The van der Waals surface area contributed by atoms with E-state index in [4.69, 9.17) is 26.2 Å². The Balaban J connectivity index is 1.83. The Bertz CT molecular complexity index is 1410. The molecule has 7 heteroatoms. The smallest absolute Gasteiger partial charge is 0.344 e. The van der Waals surface area contributed by atoms with Gasteiger partial charge in [-0.25, -0.2) is 9.78 Å². The highest BCUT2D eigenvalue weighted by atomic mass is 35.5. The number of ether oxygens (including phenoxy) is 1. The highest BCUT2D eigenvalue weighted by Gasteiger charge is 2.36. The van der Waals surface area contributed by atoms with Crippen LogP contribution in [0.3, 0.4) is 0 Å². The summed E-state index contributed by atoms with van der Waals surface area (Å²) in [6.07, 6.45) is 3.56. The number of hydrogen-bond acceptors (Lipinski definition) is 5.